The van der Waals surface area contributed by atoms with Gasteiger partial charge >= 0.3 is 12.0 Å². The molecule has 108 valence electrons. The lowest BCUT2D eigenvalue weighted by Gasteiger charge is -2.11. The fourth-order valence-corrected chi connectivity index (χ4v) is 2.19. The first kappa shape index (κ1) is 15.0. The van der Waals surface area contributed by atoms with Gasteiger partial charge in [-0.05, 0) is 46.6 Å². The number of anilines is 2. The number of pyridine rings is 1. The maximum Gasteiger partial charge on any atom is 0.337 e. The molecular weight excluding hydrogens is 338 g/mol. The molecule has 0 bridgehead atoms. The van der Waals surface area contributed by atoms with Gasteiger partial charge in [0.1, 0.15) is 0 Å². The third-order valence-electron chi connectivity index (χ3n) is 2.62. The van der Waals surface area contributed by atoms with Crippen molar-refractivity contribution in [3.8, 4) is 0 Å². The second-order valence-corrected chi connectivity index (χ2v) is 5.15. The van der Waals surface area contributed by atoms with E-state index in [-0.39, 0.29) is 11.3 Å². The first-order chi connectivity index (χ1) is 9.97. The minimum atomic E-state index is -1.12. The Labute approximate surface area is 129 Å². The summed E-state index contributed by atoms with van der Waals surface area (Å²) in [6.45, 7) is 1.85. The summed E-state index contributed by atoms with van der Waals surface area (Å²) in [5.41, 5.74) is 1.63. The number of amides is 2. The summed E-state index contributed by atoms with van der Waals surface area (Å²) in [4.78, 5) is 27.1. The van der Waals surface area contributed by atoms with Crippen molar-refractivity contribution in [1.29, 1.82) is 0 Å². The Bertz CT molecular complexity index is 704. The monoisotopic (exact) mass is 349 g/mol. The van der Waals surface area contributed by atoms with Gasteiger partial charge in [0.15, 0.2) is 0 Å². The van der Waals surface area contributed by atoms with E-state index in [1.165, 1.54) is 12.3 Å². The lowest BCUT2D eigenvalue weighted by atomic mass is 10.2. The summed E-state index contributed by atoms with van der Waals surface area (Å²) >= 11 is 3.22. The van der Waals surface area contributed by atoms with Crippen LogP contribution in [0.3, 0.4) is 0 Å². The topological polar surface area (TPSA) is 91.3 Å². The molecule has 7 heteroatoms. The van der Waals surface area contributed by atoms with Crippen LogP contribution in [0.5, 0.6) is 0 Å². The molecule has 0 fully saturated rings. The van der Waals surface area contributed by atoms with Crippen LogP contribution in [0.1, 0.15) is 15.9 Å². The van der Waals surface area contributed by atoms with E-state index in [1.54, 1.807) is 24.4 Å². The summed E-state index contributed by atoms with van der Waals surface area (Å²) in [6, 6.07) is 5.86. The number of aryl methyl sites for hydroxylation is 1. The fourth-order valence-electron chi connectivity index (χ4n) is 1.73. The number of urea groups is 1. The molecule has 2 amide bonds. The van der Waals surface area contributed by atoms with E-state index in [1.807, 2.05) is 6.92 Å². The molecule has 1 heterocycles. The summed E-state index contributed by atoms with van der Waals surface area (Å²) in [5, 5.41) is 14.2. The fraction of sp³-hybridized carbons (Fsp3) is 0.0714. The highest BCUT2D eigenvalue weighted by Crippen LogP contribution is 2.26. The Morgan fingerprint density at radius 2 is 2.00 bits per heavy atom. The second-order valence-electron chi connectivity index (χ2n) is 4.30. The van der Waals surface area contributed by atoms with Crippen molar-refractivity contribution < 1.29 is 14.7 Å². The number of carboxylic acid groups (broad SMARTS) is 1. The molecule has 2 aromatic rings. The summed E-state index contributed by atoms with van der Waals surface area (Å²) in [5.74, 6) is -1.12. The highest BCUT2D eigenvalue weighted by Gasteiger charge is 2.15. The molecule has 21 heavy (non-hydrogen) atoms. The number of aromatic carboxylic acids is 1. The maximum absolute atomic E-state index is 12.0. The number of carbonyl (C=O) groups is 2. The van der Waals surface area contributed by atoms with Gasteiger partial charge in [-0.2, -0.15) is 0 Å². The molecule has 1 aromatic heterocycles. The van der Waals surface area contributed by atoms with Crippen molar-refractivity contribution in [3.05, 3.63) is 52.3 Å². The van der Waals surface area contributed by atoms with Crippen LogP contribution in [0.2, 0.25) is 0 Å². The minimum Gasteiger partial charge on any atom is -0.478 e. The van der Waals surface area contributed by atoms with E-state index >= 15 is 0 Å². The second kappa shape index (κ2) is 6.36. The van der Waals surface area contributed by atoms with Crippen LogP contribution in [-0.4, -0.2) is 22.1 Å². The largest absolute Gasteiger partial charge is 0.478 e. The molecule has 0 spiro atoms. The molecule has 0 aliphatic heterocycles. The lowest BCUT2D eigenvalue weighted by molar-refractivity contribution is 0.0698. The number of hydrogen-bond donors (Lipinski definition) is 3. The average Bonchev–Trinajstić information content (AvgIpc) is 2.40. The molecule has 0 saturated carbocycles. The van der Waals surface area contributed by atoms with Crippen LogP contribution in [0.25, 0.3) is 0 Å². The van der Waals surface area contributed by atoms with Gasteiger partial charge in [0.25, 0.3) is 0 Å². The number of halogens is 1. The van der Waals surface area contributed by atoms with E-state index < -0.39 is 12.0 Å². The van der Waals surface area contributed by atoms with Gasteiger partial charge in [0.05, 0.1) is 23.1 Å². The molecule has 2 rings (SSSR count). The van der Waals surface area contributed by atoms with Gasteiger partial charge in [-0.15, -0.1) is 0 Å². The Morgan fingerprint density at radius 3 is 2.67 bits per heavy atom. The van der Waals surface area contributed by atoms with Crippen LogP contribution in [-0.2, 0) is 0 Å². The van der Waals surface area contributed by atoms with Crippen LogP contribution in [0, 0.1) is 6.92 Å². The number of benzene rings is 1. The van der Waals surface area contributed by atoms with E-state index in [4.69, 9.17) is 5.11 Å². The van der Waals surface area contributed by atoms with Crippen LogP contribution in [0.4, 0.5) is 16.2 Å². The maximum atomic E-state index is 12.0. The number of hydrogen-bond acceptors (Lipinski definition) is 3. The molecule has 0 saturated heterocycles. The number of carbonyl (C=O) groups excluding carboxylic acids is 1. The predicted octanol–water partition coefficient (Wildman–Crippen LogP) is 3.49. The first-order valence-electron chi connectivity index (χ1n) is 5.99. The number of rotatable bonds is 3. The van der Waals surface area contributed by atoms with Crippen LogP contribution >= 0.6 is 15.9 Å². The van der Waals surface area contributed by atoms with Crippen molar-refractivity contribution in [2.45, 2.75) is 6.92 Å². The van der Waals surface area contributed by atoms with Gasteiger partial charge in [0.2, 0.25) is 0 Å². The Balaban J connectivity index is 2.18. The van der Waals surface area contributed by atoms with Crippen molar-refractivity contribution in [2.24, 2.45) is 0 Å². The van der Waals surface area contributed by atoms with E-state index in [0.717, 1.165) is 5.56 Å². The third kappa shape index (κ3) is 3.79. The van der Waals surface area contributed by atoms with E-state index in [9.17, 15) is 9.59 Å². The number of nitrogens with zero attached hydrogens (tertiary/aromatic N) is 1. The first-order valence-corrected chi connectivity index (χ1v) is 6.78. The average molecular weight is 350 g/mol. The summed E-state index contributed by atoms with van der Waals surface area (Å²) in [7, 11) is 0. The quantitative estimate of drug-likeness (QED) is 0.790. The molecule has 1 aromatic carbocycles. The van der Waals surface area contributed by atoms with Crippen LogP contribution < -0.4 is 10.6 Å². The number of aromatic nitrogens is 1. The molecule has 0 aliphatic carbocycles. The molecule has 0 atom stereocenters. The molecule has 0 radical (unpaired) electrons. The zero-order chi connectivity index (χ0) is 15.4. The number of para-hydroxylation sites is 1. The smallest absolute Gasteiger partial charge is 0.337 e. The Kier molecular flexibility index (Phi) is 4.54. The standard InChI is InChI=1S/C14H12BrN3O3/c1-8-5-9(7-16-6-8)17-14(21)18-12-10(13(19)20)3-2-4-11(12)15/h2-7H,1H3,(H,19,20)(H2,17,18,21). The van der Waals surface area contributed by atoms with Gasteiger partial charge in [0, 0.05) is 10.7 Å². The highest BCUT2D eigenvalue weighted by atomic mass is 79.9. The Hall–Kier alpha value is -2.41. The van der Waals surface area contributed by atoms with Crippen LogP contribution in [0.15, 0.2) is 41.1 Å². The molecule has 0 unspecified atom stereocenters. The van der Waals surface area contributed by atoms with Crippen molar-refractivity contribution in [2.75, 3.05) is 10.6 Å². The predicted molar refractivity (Wildman–Crippen MR) is 82.7 cm³/mol. The van der Waals surface area contributed by atoms with Gasteiger partial charge in [-0.3, -0.25) is 4.98 Å². The van der Waals surface area contributed by atoms with Crippen molar-refractivity contribution in [3.63, 3.8) is 0 Å². The van der Waals surface area contributed by atoms with Crippen molar-refractivity contribution >= 4 is 39.3 Å². The molecular formula is C14H12BrN3O3. The van der Waals surface area contributed by atoms with E-state index in [0.29, 0.717) is 10.2 Å². The van der Waals surface area contributed by atoms with Gasteiger partial charge in [-0.25, -0.2) is 9.59 Å². The normalized spacial score (nSPS) is 10.0. The molecule has 6 nitrogen and oxygen atoms in total. The lowest BCUT2D eigenvalue weighted by Crippen LogP contribution is -2.21. The zero-order valence-electron chi connectivity index (χ0n) is 11.1. The Morgan fingerprint density at radius 1 is 1.24 bits per heavy atom. The SMILES string of the molecule is Cc1cncc(NC(=O)Nc2c(Br)cccc2C(=O)O)c1. The summed E-state index contributed by atoms with van der Waals surface area (Å²) in [6.07, 6.45) is 3.17. The van der Waals surface area contributed by atoms with Gasteiger partial charge in [-0.1, -0.05) is 6.07 Å². The summed E-state index contributed by atoms with van der Waals surface area (Å²) < 4.78 is 0.486. The van der Waals surface area contributed by atoms with Crippen molar-refractivity contribution in [1.82, 2.24) is 4.98 Å². The third-order valence-corrected chi connectivity index (χ3v) is 3.28. The van der Waals surface area contributed by atoms with Gasteiger partial charge < -0.3 is 15.7 Å². The molecule has 0 aliphatic rings. The molecule has 3 N–H and O–H groups in total. The van der Waals surface area contributed by atoms with E-state index in [2.05, 4.69) is 31.5 Å². The number of nitrogens with one attached hydrogen (secondary N) is 2. The number of carboxylic acids is 1. The highest BCUT2D eigenvalue weighted by molar-refractivity contribution is 9.10. The minimum absolute atomic E-state index is 0.00175. The zero-order valence-corrected chi connectivity index (χ0v) is 12.6.